The number of piperidine rings is 1. The van der Waals surface area contributed by atoms with Gasteiger partial charge in [-0.3, -0.25) is 0 Å². The fraction of sp³-hybridized carbons (Fsp3) is 0.455. The van der Waals surface area contributed by atoms with Gasteiger partial charge in [-0.05, 0) is 55.1 Å². The van der Waals surface area contributed by atoms with Gasteiger partial charge in [-0.1, -0.05) is 42.5 Å². The van der Waals surface area contributed by atoms with Crippen molar-refractivity contribution < 1.29 is 13.9 Å². The van der Waals surface area contributed by atoms with E-state index in [-0.39, 0.29) is 6.61 Å². The molecule has 1 atom stereocenters. The minimum atomic E-state index is -0.454. The summed E-state index contributed by atoms with van der Waals surface area (Å²) in [7, 11) is 0. The minimum absolute atomic E-state index is 0.134. The second-order valence-corrected chi connectivity index (χ2v) is 6.70. The molecule has 0 bridgehead atoms. The number of alkyl halides is 1. The lowest BCUT2D eigenvalue weighted by atomic mass is 9.76. The molecule has 1 unspecified atom stereocenters. The van der Waals surface area contributed by atoms with Crippen molar-refractivity contribution in [1.29, 1.82) is 0 Å². The number of hydrogen-bond donors (Lipinski definition) is 1. The molecule has 2 aromatic rings. The number of ether oxygens (including phenoxy) is 2. The molecule has 1 fully saturated rings. The van der Waals surface area contributed by atoms with Gasteiger partial charge in [-0.25, -0.2) is 4.39 Å². The Kier molecular flexibility index (Phi) is 7.47. The van der Waals surface area contributed by atoms with Crippen LogP contribution in [0.4, 0.5) is 4.39 Å². The maximum Gasteiger partial charge on any atom is 0.119 e. The predicted molar refractivity (Wildman–Crippen MR) is 103 cm³/mol. The zero-order valence-corrected chi connectivity index (χ0v) is 15.2. The second kappa shape index (κ2) is 10.3. The molecule has 1 aliphatic rings. The fourth-order valence-electron chi connectivity index (χ4n) is 3.75. The molecule has 140 valence electrons. The summed E-state index contributed by atoms with van der Waals surface area (Å²) in [6.45, 7) is 2.68. The number of hydrogen-bond acceptors (Lipinski definition) is 3. The number of benzene rings is 2. The Hall–Kier alpha value is -1.91. The second-order valence-electron chi connectivity index (χ2n) is 6.70. The quantitative estimate of drug-likeness (QED) is 0.683. The van der Waals surface area contributed by atoms with Crippen LogP contribution < -0.4 is 10.1 Å². The van der Waals surface area contributed by atoms with Crippen LogP contribution in [0.3, 0.4) is 0 Å². The normalized spacial score (nSPS) is 16.3. The van der Waals surface area contributed by atoms with Gasteiger partial charge in [0.1, 0.15) is 19.0 Å². The van der Waals surface area contributed by atoms with Gasteiger partial charge < -0.3 is 14.8 Å². The third-order valence-electron chi connectivity index (χ3n) is 4.95. The SMILES string of the molecule is FCCOCCOc1cccc(C(c2ccccc2)C2CCNCC2)c1. The fourth-order valence-corrected chi connectivity index (χ4v) is 3.75. The molecule has 1 saturated heterocycles. The molecule has 4 heteroatoms. The van der Waals surface area contributed by atoms with E-state index >= 15 is 0 Å². The van der Waals surface area contributed by atoms with Gasteiger partial charge in [0, 0.05) is 5.92 Å². The van der Waals surface area contributed by atoms with Gasteiger partial charge in [-0.2, -0.15) is 0 Å². The molecule has 0 saturated carbocycles. The molecule has 0 aromatic heterocycles. The van der Waals surface area contributed by atoms with Crippen LogP contribution in [-0.2, 0) is 4.74 Å². The highest BCUT2D eigenvalue weighted by molar-refractivity contribution is 5.38. The summed E-state index contributed by atoms with van der Waals surface area (Å²) in [4.78, 5) is 0. The van der Waals surface area contributed by atoms with Gasteiger partial charge in [-0.15, -0.1) is 0 Å². The monoisotopic (exact) mass is 357 g/mol. The Balaban J connectivity index is 1.74. The highest BCUT2D eigenvalue weighted by atomic mass is 19.1. The van der Waals surface area contributed by atoms with Crippen molar-refractivity contribution in [3.8, 4) is 5.75 Å². The van der Waals surface area contributed by atoms with Crippen molar-refractivity contribution in [2.24, 2.45) is 5.92 Å². The first-order valence-corrected chi connectivity index (χ1v) is 9.50. The highest BCUT2D eigenvalue weighted by Crippen LogP contribution is 2.37. The molecule has 1 heterocycles. The van der Waals surface area contributed by atoms with E-state index < -0.39 is 6.67 Å². The molecule has 0 radical (unpaired) electrons. The van der Waals surface area contributed by atoms with Crippen molar-refractivity contribution >= 4 is 0 Å². The van der Waals surface area contributed by atoms with Crippen LogP contribution in [0, 0.1) is 5.92 Å². The molecule has 3 rings (SSSR count). The Morgan fingerprint density at radius 3 is 2.46 bits per heavy atom. The van der Waals surface area contributed by atoms with E-state index in [0.29, 0.717) is 25.0 Å². The lowest BCUT2D eigenvalue weighted by Gasteiger charge is -2.31. The molecule has 3 nitrogen and oxygen atoms in total. The van der Waals surface area contributed by atoms with Crippen LogP contribution in [0.1, 0.15) is 29.9 Å². The van der Waals surface area contributed by atoms with Crippen molar-refractivity contribution in [3.05, 3.63) is 65.7 Å². The summed E-state index contributed by atoms with van der Waals surface area (Å²) in [6, 6.07) is 19.1. The number of nitrogens with one attached hydrogen (secondary N) is 1. The molecule has 0 aliphatic carbocycles. The molecule has 1 N–H and O–H groups in total. The van der Waals surface area contributed by atoms with Gasteiger partial charge in [0.2, 0.25) is 0 Å². The largest absolute Gasteiger partial charge is 0.491 e. The maximum atomic E-state index is 12.1. The van der Waals surface area contributed by atoms with Crippen LogP contribution in [0.15, 0.2) is 54.6 Å². The predicted octanol–water partition coefficient (Wildman–Crippen LogP) is 4.18. The van der Waals surface area contributed by atoms with E-state index in [1.807, 2.05) is 6.07 Å². The lowest BCUT2D eigenvalue weighted by molar-refractivity contribution is 0.0897. The summed E-state index contributed by atoms with van der Waals surface area (Å²) in [5.74, 6) is 1.85. The van der Waals surface area contributed by atoms with Gasteiger partial charge in [0.25, 0.3) is 0 Å². The van der Waals surface area contributed by atoms with Crippen LogP contribution in [0.25, 0.3) is 0 Å². The molecule has 1 aliphatic heterocycles. The third-order valence-corrected chi connectivity index (χ3v) is 4.95. The third kappa shape index (κ3) is 5.29. The van der Waals surface area contributed by atoms with Crippen LogP contribution in [0.2, 0.25) is 0 Å². The van der Waals surface area contributed by atoms with Gasteiger partial charge >= 0.3 is 0 Å². The van der Waals surface area contributed by atoms with Crippen molar-refractivity contribution in [1.82, 2.24) is 5.32 Å². The van der Waals surface area contributed by atoms with Crippen molar-refractivity contribution in [3.63, 3.8) is 0 Å². The van der Waals surface area contributed by atoms with E-state index in [0.717, 1.165) is 18.8 Å². The van der Waals surface area contributed by atoms with Crippen LogP contribution in [-0.4, -0.2) is 39.6 Å². The van der Waals surface area contributed by atoms with E-state index in [1.54, 1.807) is 0 Å². The molecule has 0 amide bonds. The van der Waals surface area contributed by atoms with Gasteiger partial charge in [0.15, 0.2) is 0 Å². The summed E-state index contributed by atoms with van der Waals surface area (Å²) in [5, 5.41) is 3.46. The standard InChI is InChI=1S/C22H28FNO2/c23-11-14-25-15-16-26-21-8-4-7-20(17-21)22(18-5-2-1-3-6-18)19-9-12-24-13-10-19/h1-8,17,19,22,24H,9-16H2. The van der Waals surface area contributed by atoms with E-state index in [4.69, 9.17) is 9.47 Å². The average molecular weight is 357 g/mol. The average Bonchev–Trinajstić information content (AvgIpc) is 2.70. The first-order chi connectivity index (χ1) is 12.9. The summed E-state index contributed by atoms with van der Waals surface area (Å²) in [6.07, 6.45) is 2.36. The lowest BCUT2D eigenvalue weighted by Crippen LogP contribution is -2.31. The molecular formula is C22H28FNO2. The minimum Gasteiger partial charge on any atom is -0.491 e. The molecule has 2 aromatic carbocycles. The smallest absolute Gasteiger partial charge is 0.119 e. The summed E-state index contributed by atoms with van der Waals surface area (Å²) >= 11 is 0. The maximum absolute atomic E-state index is 12.1. The Morgan fingerprint density at radius 2 is 1.69 bits per heavy atom. The molecular weight excluding hydrogens is 329 g/mol. The highest BCUT2D eigenvalue weighted by Gasteiger charge is 2.26. The van der Waals surface area contributed by atoms with Crippen molar-refractivity contribution in [2.45, 2.75) is 18.8 Å². The molecule has 26 heavy (non-hydrogen) atoms. The first-order valence-electron chi connectivity index (χ1n) is 9.50. The Bertz CT molecular complexity index is 644. The van der Waals surface area contributed by atoms with Crippen LogP contribution in [0.5, 0.6) is 5.75 Å². The number of rotatable bonds is 9. The zero-order valence-electron chi connectivity index (χ0n) is 15.2. The first kappa shape index (κ1) is 18.9. The van der Waals surface area contributed by atoms with Crippen LogP contribution >= 0.6 is 0 Å². The zero-order chi connectivity index (χ0) is 18.0. The number of halogens is 1. The molecule has 0 spiro atoms. The van der Waals surface area contributed by atoms with E-state index in [1.165, 1.54) is 24.0 Å². The Morgan fingerprint density at radius 1 is 0.923 bits per heavy atom. The van der Waals surface area contributed by atoms with Crippen molar-refractivity contribution in [2.75, 3.05) is 39.6 Å². The van der Waals surface area contributed by atoms with Gasteiger partial charge in [0.05, 0.1) is 13.2 Å². The topological polar surface area (TPSA) is 30.5 Å². The van der Waals surface area contributed by atoms with E-state index in [2.05, 4.69) is 53.8 Å². The summed E-state index contributed by atoms with van der Waals surface area (Å²) < 4.78 is 23.0. The Labute approximate surface area is 155 Å². The van der Waals surface area contributed by atoms with E-state index in [9.17, 15) is 4.39 Å². The summed E-state index contributed by atoms with van der Waals surface area (Å²) in [5.41, 5.74) is 2.66.